The molecule has 0 atom stereocenters. The van der Waals surface area contributed by atoms with Crippen LogP contribution in [0.1, 0.15) is 16.0 Å². The Bertz CT molecular complexity index is 758. The van der Waals surface area contributed by atoms with E-state index in [9.17, 15) is 17.2 Å². The predicted octanol–water partition coefficient (Wildman–Crippen LogP) is 2.27. The van der Waals surface area contributed by atoms with Gasteiger partial charge in [-0.3, -0.25) is 0 Å². The molecule has 0 spiro atoms. The lowest BCUT2D eigenvalue weighted by Gasteiger charge is -2.10. The Morgan fingerprint density at radius 2 is 2.00 bits per heavy atom. The fourth-order valence-electron chi connectivity index (χ4n) is 1.79. The Kier molecular flexibility index (Phi) is 4.72. The molecule has 3 N–H and O–H groups in total. The molecule has 0 unspecified atom stereocenters. The summed E-state index contributed by atoms with van der Waals surface area (Å²) in [4.78, 5) is 0.235. The summed E-state index contributed by atoms with van der Waals surface area (Å²) >= 11 is 1.40. The van der Waals surface area contributed by atoms with Crippen LogP contribution in [0.15, 0.2) is 28.5 Å². The van der Waals surface area contributed by atoms with Crippen LogP contribution in [0.2, 0.25) is 0 Å². The fraction of sp³-hybridized carbons (Fsp3) is 0.231. The highest BCUT2D eigenvalue weighted by atomic mass is 32.2. The molecule has 1 aromatic carbocycles. The zero-order valence-electron chi connectivity index (χ0n) is 11.2. The zero-order chi connectivity index (χ0) is 15.6. The van der Waals surface area contributed by atoms with E-state index in [1.807, 2.05) is 18.4 Å². The first-order valence-electron chi connectivity index (χ1n) is 6.06. The van der Waals surface area contributed by atoms with Crippen molar-refractivity contribution in [2.45, 2.75) is 24.9 Å². The lowest BCUT2D eigenvalue weighted by atomic mass is 10.2. The molecule has 0 aliphatic heterocycles. The molecule has 0 amide bonds. The standard InChI is InChI=1S/C13H14F2N2O2S2/c1-8-4-5-20-11(8)7-17-21(18,19)12-3-2-10(14)9(6-16)13(12)15/h2-5,17H,6-7,16H2,1H3. The summed E-state index contributed by atoms with van der Waals surface area (Å²) in [6.45, 7) is 1.50. The van der Waals surface area contributed by atoms with Crippen LogP contribution in [-0.4, -0.2) is 8.42 Å². The first kappa shape index (κ1) is 16.0. The molecule has 8 heteroatoms. The smallest absolute Gasteiger partial charge is 0.243 e. The van der Waals surface area contributed by atoms with Gasteiger partial charge in [0.2, 0.25) is 10.0 Å². The fourth-order valence-corrected chi connectivity index (χ4v) is 3.83. The molecule has 114 valence electrons. The Morgan fingerprint density at radius 1 is 1.29 bits per heavy atom. The summed E-state index contributed by atoms with van der Waals surface area (Å²) in [5, 5.41) is 1.84. The number of hydrogen-bond donors (Lipinski definition) is 2. The van der Waals surface area contributed by atoms with Crippen LogP contribution in [-0.2, 0) is 23.1 Å². The van der Waals surface area contributed by atoms with E-state index in [-0.39, 0.29) is 6.54 Å². The highest BCUT2D eigenvalue weighted by Crippen LogP contribution is 2.22. The number of benzene rings is 1. The molecule has 0 radical (unpaired) electrons. The second-order valence-corrected chi connectivity index (χ2v) is 7.13. The molecule has 1 heterocycles. The van der Waals surface area contributed by atoms with Gasteiger partial charge in [-0.2, -0.15) is 0 Å². The lowest BCUT2D eigenvalue weighted by Crippen LogP contribution is -2.25. The van der Waals surface area contributed by atoms with Gasteiger partial charge in [0.15, 0.2) is 5.82 Å². The van der Waals surface area contributed by atoms with Crippen LogP contribution >= 0.6 is 11.3 Å². The van der Waals surface area contributed by atoms with Crippen LogP contribution in [0.25, 0.3) is 0 Å². The van der Waals surface area contributed by atoms with Crippen molar-refractivity contribution in [2.75, 3.05) is 0 Å². The van der Waals surface area contributed by atoms with Gasteiger partial charge in [-0.25, -0.2) is 21.9 Å². The molecular weight excluding hydrogens is 318 g/mol. The molecule has 2 rings (SSSR count). The van der Waals surface area contributed by atoms with Crippen molar-refractivity contribution < 1.29 is 17.2 Å². The molecular formula is C13H14F2N2O2S2. The SMILES string of the molecule is Cc1ccsc1CNS(=O)(=O)c1ccc(F)c(CN)c1F. The number of nitrogens with one attached hydrogen (secondary N) is 1. The van der Waals surface area contributed by atoms with Crippen LogP contribution < -0.4 is 10.5 Å². The van der Waals surface area contributed by atoms with Gasteiger partial charge in [0.25, 0.3) is 0 Å². The van der Waals surface area contributed by atoms with E-state index < -0.39 is 38.7 Å². The Hall–Kier alpha value is -1.35. The van der Waals surface area contributed by atoms with E-state index >= 15 is 0 Å². The molecule has 0 bridgehead atoms. The molecule has 2 aromatic rings. The van der Waals surface area contributed by atoms with Gasteiger partial charge in [0.05, 0.1) is 0 Å². The summed E-state index contributed by atoms with van der Waals surface area (Å²) in [5.41, 5.74) is 5.75. The first-order chi connectivity index (χ1) is 9.86. The number of aryl methyl sites for hydroxylation is 1. The van der Waals surface area contributed by atoms with Gasteiger partial charge in [-0.15, -0.1) is 11.3 Å². The summed E-state index contributed by atoms with van der Waals surface area (Å²) in [6.07, 6.45) is 0. The highest BCUT2D eigenvalue weighted by molar-refractivity contribution is 7.89. The average Bonchev–Trinajstić information content (AvgIpc) is 2.82. The highest BCUT2D eigenvalue weighted by Gasteiger charge is 2.23. The lowest BCUT2D eigenvalue weighted by molar-refractivity contribution is 0.525. The van der Waals surface area contributed by atoms with Gasteiger partial charge < -0.3 is 5.73 Å². The Balaban J connectivity index is 2.30. The molecule has 0 aliphatic carbocycles. The maximum absolute atomic E-state index is 14.0. The molecule has 1 aromatic heterocycles. The predicted molar refractivity (Wildman–Crippen MR) is 77.3 cm³/mol. The number of halogens is 2. The quantitative estimate of drug-likeness (QED) is 0.882. The number of sulfonamides is 1. The summed E-state index contributed by atoms with van der Waals surface area (Å²) in [7, 11) is -4.07. The minimum atomic E-state index is -4.07. The maximum Gasteiger partial charge on any atom is 0.243 e. The van der Waals surface area contributed by atoms with E-state index in [0.29, 0.717) is 0 Å². The minimum Gasteiger partial charge on any atom is -0.326 e. The van der Waals surface area contributed by atoms with Gasteiger partial charge in [-0.05, 0) is 36.1 Å². The molecule has 0 saturated heterocycles. The van der Waals surface area contributed by atoms with Crippen LogP contribution in [0.3, 0.4) is 0 Å². The monoisotopic (exact) mass is 332 g/mol. The van der Waals surface area contributed by atoms with E-state index in [0.717, 1.165) is 22.6 Å². The molecule has 21 heavy (non-hydrogen) atoms. The molecule has 0 fully saturated rings. The average molecular weight is 332 g/mol. The topological polar surface area (TPSA) is 72.2 Å². The third-order valence-corrected chi connectivity index (χ3v) is 5.48. The van der Waals surface area contributed by atoms with Gasteiger partial charge in [-0.1, -0.05) is 0 Å². The van der Waals surface area contributed by atoms with Crippen LogP contribution in [0.4, 0.5) is 8.78 Å². The van der Waals surface area contributed by atoms with Crippen LogP contribution in [0.5, 0.6) is 0 Å². The van der Waals surface area contributed by atoms with Crippen molar-refractivity contribution in [3.63, 3.8) is 0 Å². The minimum absolute atomic E-state index is 0.0562. The summed E-state index contributed by atoms with van der Waals surface area (Å²) < 4.78 is 54.0. The third-order valence-electron chi connectivity index (χ3n) is 3.04. The Labute approximate surface area is 125 Å². The summed E-state index contributed by atoms with van der Waals surface area (Å²) in [6, 6.07) is 3.66. The maximum atomic E-state index is 14.0. The number of thiophene rings is 1. The van der Waals surface area contributed by atoms with Crippen molar-refractivity contribution in [3.05, 3.63) is 51.2 Å². The number of hydrogen-bond acceptors (Lipinski definition) is 4. The van der Waals surface area contributed by atoms with Crippen molar-refractivity contribution in [3.8, 4) is 0 Å². The Morgan fingerprint density at radius 3 is 2.57 bits per heavy atom. The van der Waals surface area contributed by atoms with Gasteiger partial charge >= 0.3 is 0 Å². The third kappa shape index (κ3) is 3.29. The van der Waals surface area contributed by atoms with Crippen LogP contribution in [0, 0.1) is 18.6 Å². The second-order valence-electron chi connectivity index (χ2n) is 4.39. The molecule has 0 saturated carbocycles. The summed E-state index contributed by atoms with van der Waals surface area (Å²) in [5.74, 6) is -2.00. The molecule has 4 nitrogen and oxygen atoms in total. The van der Waals surface area contributed by atoms with E-state index in [4.69, 9.17) is 5.73 Å². The van der Waals surface area contributed by atoms with Crippen molar-refractivity contribution in [1.82, 2.24) is 4.72 Å². The molecule has 0 aliphatic rings. The van der Waals surface area contributed by atoms with Crippen molar-refractivity contribution in [1.29, 1.82) is 0 Å². The van der Waals surface area contributed by atoms with E-state index in [1.54, 1.807) is 0 Å². The number of nitrogens with two attached hydrogens (primary N) is 1. The van der Waals surface area contributed by atoms with E-state index in [1.165, 1.54) is 11.3 Å². The zero-order valence-corrected chi connectivity index (χ0v) is 12.8. The number of rotatable bonds is 5. The van der Waals surface area contributed by atoms with E-state index in [2.05, 4.69) is 4.72 Å². The largest absolute Gasteiger partial charge is 0.326 e. The van der Waals surface area contributed by atoms with Crippen molar-refractivity contribution >= 4 is 21.4 Å². The first-order valence-corrected chi connectivity index (χ1v) is 8.42. The van der Waals surface area contributed by atoms with Gasteiger partial charge in [0.1, 0.15) is 10.7 Å². The van der Waals surface area contributed by atoms with Gasteiger partial charge in [0, 0.05) is 23.5 Å². The normalized spacial score (nSPS) is 11.8. The van der Waals surface area contributed by atoms with Crippen molar-refractivity contribution in [2.24, 2.45) is 5.73 Å². The second kappa shape index (κ2) is 6.18.